The summed E-state index contributed by atoms with van der Waals surface area (Å²) in [6.07, 6.45) is 2.40. The third-order valence-electron chi connectivity index (χ3n) is 2.80. The molecule has 0 aliphatic heterocycles. The Morgan fingerprint density at radius 3 is 2.42 bits per heavy atom. The van der Waals surface area contributed by atoms with Gasteiger partial charge in [0.15, 0.2) is 0 Å². The van der Waals surface area contributed by atoms with Gasteiger partial charge < -0.3 is 5.32 Å². The molecule has 0 heterocycles. The fraction of sp³-hybridized carbons (Fsp3) is 0.571. The number of rotatable bonds is 8. The number of hydrogen-bond donors (Lipinski definition) is 1. The van der Waals surface area contributed by atoms with Crippen LogP contribution >= 0.6 is 11.8 Å². The fourth-order valence-corrected chi connectivity index (χ4v) is 3.75. The molecule has 1 unspecified atom stereocenters. The van der Waals surface area contributed by atoms with Gasteiger partial charge in [0.2, 0.25) is 0 Å². The molecule has 0 aromatic heterocycles. The van der Waals surface area contributed by atoms with Crippen molar-refractivity contribution >= 4 is 21.6 Å². The minimum Gasteiger partial charge on any atom is -0.310 e. The summed E-state index contributed by atoms with van der Waals surface area (Å²) in [6, 6.07) is 8.69. The van der Waals surface area contributed by atoms with E-state index in [9.17, 15) is 8.42 Å². The highest BCUT2D eigenvalue weighted by Crippen LogP contribution is 2.21. The normalized spacial score (nSPS) is 13.4. The summed E-state index contributed by atoms with van der Waals surface area (Å²) in [4.78, 5) is 1.12. The average Bonchev–Trinajstić information content (AvgIpc) is 2.35. The topological polar surface area (TPSA) is 46.2 Å². The Morgan fingerprint density at radius 1 is 1.26 bits per heavy atom. The number of benzene rings is 1. The van der Waals surface area contributed by atoms with Crippen molar-refractivity contribution in [2.45, 2.75) is 31.2 Å². The van der Waals surface area contributed by atoms with Gasteiger partial charge in [0, 0.05) is 22.9 Å². The van der Waals surface area contributed by atoms with E-state index in [1.54, 1.807) is 11.8 Å². The van der Waals surface area contributed by atoms with Crippen molar-refractivity contribution in [3.8, 4) is 0 Å². The highest BCUT2D eigenvalue weighted by Gasteiger charge is 2.05. The molecule has 0 bridgehead atoms. The molecule has 0 aliphatic rings. The lowest BCUT2D eigenvalue weighted by Crippen LogP contribution is -2.19. The standard InChI is InChI=1S/C14H23NO2S2/c1-4-9-15-12(2)13-5-7-14(8-6-13)18-10-11-19(3,16)17/h5-8,12,15H,4,9-11H2,1-3H3. The molecule has 0 fully saturated rings. The van der Waals surface area contributed by atoms with Gasteiger partial charge in [-0.2, -0.15) is 0 Å². The van der Waals surface area contributed by atoms with Gasteiger partial charge in [0.25, 0.3) is 0 Å². The lowest BCUT2D eigenvalue weighted by molar-refractivity contribution is 0.570. The zero-order valence-electron chi connectivity index (χ0n) is 11.8. The predicted molar refractivity (Wildman–Crippen MR) is 83.6 cm³/mol. The van der Waals surface area contributed by atoms with Crippen molar-refractivity contribution in [2.24, 2.45) is 0 Å². The molecule has 0 amide bonds. The summed E-state index contributed by atoms with van der Waals surface area (Å²) in [6.45, 7) is 5.33. The van der Waals surface area contributed by atoms with Gasteiger partial charge in [-0.15, -0.1) is 11.8 Å². The highest BCUT2D eigenvalue weighted by atomic mass is 32.2. The van der Waals surface area contributed by atoms with Crippen LogP contribution in [0, 0.1) is 0 Å². The van der Waals surface area contributed by atoms with Gasteiger partial charge in [-0.3, -0.25) is 0 Å². The second kappa shape index (κ2) is 7.92. The van der Waals surface area contributed by atoms with E-state index in [1.165, 1.54) is 11.8 Å². The van der Waals surface area contributed by atoms with Crippen LogP contribution in [0.25, 0.3) is 0 Å². The molecule has 108 valence electrons. The lowest BCUT2D eigenvalue weighted by Gasteiger charge is -2.13. The van der Waals surface area contributed by atoms with Gasteiger partial charge in [0.1, 0.15) is 9.84 Å². The van der Waals surface area contributed by atoms with Crippen LogP contribution in [0.3, 0.4) is 0 Å². The Kier molecular flexibility index (Phi) is 6.89. The highest BCUT2D eigenvalue weighted by molar-refractivity contribution is 8.00. The molecule has 3 nitrogen and oxygen atoms in total. The summed E-state index contributed by atoms with van der Waals surface area (Å²) in [7, 11) is -2.86. The van der Waals surface area contributed by atoms with Crippen molar-refractivity contribution in [3.63, 3.8) is 0 Å². The van der Waals surface area contributed by atoms with Crippen molar-refractivity contribution in [1.82, 2.24) is 5.32 Å². The first-order chi connectivity index (χ1) is 8.92. The second-order valence-electron chi connectivity index (χ2n) is 4.72. The molecule has 1 N–H and O–H groups in total. The monoisotopic (exact) mass is 301 g/mol. The third kappa shape index (κ3) is 6.99. The zero-order valence-corrected chi connectivity index (χ0v) is 13.5. The summed E-state index contributed by atoms with van der Waals surface area (Å²) in [5.74, 6) is 0.843. The van der Waals surface area contributed by atoms with Crippen molar-refractivity contribution in [2.75, 3.05) is 24.3 Å². The van der Waals surface area contributed by atoms with Crippen LogP contribution in [0.2, 0.25) is 0 Å². The molecule has 0 spiro atoms. The summed E-state index contributed by atoms with van der Waals surface area (Å²) >= 11 is 1.59. The molecular weight excluding hydrogens is 278 g/mol. The van der Waals surface area contributed by atoms with E-state index in [-0.39, 0.29) is 5.75 Å². The maximum absolute atomic E-state index is 11.0. The van der Waals surface area contributed by atoms with E-state index >= 15 is 0 Å². The van der Waals surface area contributed by atoms with E-state index < -0.39 is 9.84 Å². The van der Waals surface area contributed by atoms with Crippen LogP contribution in [-0.4, -0.2) is 32.7 Å². The molecule has 0 saturated carbocycles. The Hall–Kier alpha value is -0.520. The molecule has 0 radical (unpaired) electrons. The number of thioether (sulfide) groups is 1. The Balaban J connectivity index is 2.47. The lowest BCUT2D eigenvalue weighted by atomic mass is 10.1. The van der Waals surface area contributed by atoms with Crippen molar-refractivity contribution in [1.29, 1.82) is 0 Å². The van der Waals surface area contributed by atoms with Crippen LogP contribution in [0.5, 0.6) is 0 Å². The SMILES string of the molecule is CCCNC(C)c1ccc(SCCS(C)(=O)=O)cc1. The molecule has 19 heavy (non-hydrogen) atoms. The fourth-order valence-electron chi connectivity index (χ4n) is 1.64. The molecule has 5 heteroatoms. The molecule has 1 rings (SSSR count). The van der Waals surface area contributed by atoms with Gasteiger partial charge in [-0.25, -0.2) is 8.42 Å². The largest absolute Gasteiger partial charge is 0.310 e. The number of nitrogens with one attached hydrogen (secondary N) is 1. The van der Waals surface area contributed by atoms with Gasteiger partial charge in [-0.05, 0) is 37.6 Å². The molecule has 0 saturated heterocycles. The molecule has 1 aromatic rings. The van der Waals surface area contributed by atoms with Crippen LogP contribution < -0.4 is 5.32 Å². The predicted octanol–water partition coefficient (Wildman–Crippen LogP) is 2.88. The van der Waals surface area contributed by atoms with Crippen LogP contribution in [0.15, 0.2) is 29.2 Å². The van der Waals surface area contributed by atoms with E-state index in [4.69, 9.17) is 0 Å². The Bertz CT molecular complexity index is 469. The first-order valence-electron chi connectivity index (χ1n) is 6.56. The van der Waals surface area contributed by atoms with Crippen molar-refractivity contribution in [3.05, 3.63) is 29.8 Å². The maximum atomic E-state index is 11.0. The molecular formula is C14H23NO2S2. The van der Waals surface area contributed by atoms with Gasteiger partial charge in [0.05, 0.1) is 5.75 Å². The van der Waals surface area contributed by atoms with Gasteiger partial charge >= 0.3 is 0 Å². The van der Waals surface area contributed by atoms with Crippen LogP contribution in [-0.2, 0) is 9.84 Å². The minimum atomic E-state index is -2.86. The Labute approximate surface area is 121 Å². The van der Waals surface area contributed by atoms with Gasteiger partial charge in [-0.1, -0.05) is 19.1 Å². The van der Waals surface area contributed by atoms with Crippen LogP contribution in [0.4, 0.5) is 0 Å². The second-order valence-corrected chi connectivity index (χ2v) is 8.15. The summed E-state index contributed by atoms with van der Waals surface area (Å²) in [5.41, 5.74) is 1.26. The van der Waals surface area contributed by atoms with Crippen LogP contribution in [0.1, 0.15) is 31.9 Å². The molecule has 1 atom stereocenters. The van der Waals surface area contributed by atoms with E-state index in [1.807, 2.05) is 0 Å². The number of sulfone groups is 1. The quantitative estimate of drug-likeness (QED) is 0.750. The zero-order chi connectivity index (χ0) is 14.3. The van der Waals surface area contributed by atoms with E-state index in [2.05, 4.69) is 43.4 Å². The third-order valence-corrected chi connectivity index (χ3v) is 5.02. The summed E-state index contributed by atoms with van der Waals surface area (Å²) < 4.78 is 22.1. The van der Waals surface area contributed by atoms with E-state index in [0.29, 0.717) is 11.8 Å². The first kappa shape index (κ1) is 16.5. The molecule has 1 aromatic carbocycles. The minimum absolute atomic E-state index is 0.230. The smallest absolute Gasteiger partial charge is 0.148 e. The Morgan fingerprint density at radius 2 is 1.89 bits per heavy atom. The van der Waals surface area contributed by atoms with E-state index in [0.717, 1.165) is 17.9 Å². The maximum Gasteiger partial charge on any atom is 0.148 e. The summed E-state index contributed by atoms with van der Waals surface area (Å²) in [5, 5.41) is 3.44. The average molecular weight is 301 g/mol. The first-order valence-corrected chi connectivity index (χ1v) is 9.61. The molecule has 0 aliphatic carbocycles. The number of hydrogen-bond acceptors (Lipinski definition) is 4. The van der Waals surface area contributed by atoms with Crippen molar-refractivity contribution < 1.29 is 8.42 Å².